The number of pyridine rings is 1. The summed E-state index contributed by atoms with van der Waals surface area (Å²) in [5.41, 5.74) is 7.21. The van der Waals surface area contributed by atoms with Crippen molar-refractivity contribution in [2.24, 2.45) is 0 Å². The van der Waals surface area contributed by atoms with Gasteiger partial charge in [0.25, 0.3) is 0 Å². The van der Waals surface area contributed by atoms with Gasteiger partial charge in [0.15, 0.2) is 11.5 Å². The zero-order chi connectivity index (χ0) is 11.0. The van der Waals surface area contributed by atoms with Gasteiger partial charge in [-0.25, -0.2) is 4.98 Å². The number of fused-ring (bicyclic) bond motifs is 1. The molecule has 0 bridgehead atoms. The molecule has 0 aromatic carbocycles. The van der Waals surface area contributed by atoms with E-state index in [1.165, 1.54) is 0 Å². The lowest BCUT2D eigenvalue weighted by Crippen LogP contribution is -1.93. The van der Waals surface area contributed by atoms with Crippen LogP contribution in [0.4, 0.5) is 5.82 Å². The van der Waals surface area contributed by atoms with Crippen molar-refractivity contribution in [3.05, 3.63) is 36.9 Å². The lowest BCUT2D eigenvalue weighted by atomic mass is 10.2. The molecule has 0 fully saturated rings. The Hall–Kier alpha value is -2.50. The fourth-order valence-corrected chi connectivity index (χ4v) is 1.54. The van der Waals surface area contributed by atoms with Crippen molar-refractivity contribution < 1.29 is 0 Å². The maximum Gasteiger partial charge on any atom is 0.179 e. The van der Waals surface area contributed by atoms with E-state index in [0.29, 0.717) is 11.5 Å². The van der Waals surface area contributed by atoms with Gasteiger partial charge < -0.3 is 5.73 Å². The molecule has 6 heteroatoms. The first-order chi connectivity index (χ1) is 7.84. The largest absolute Gasteiger partial charge is 0.384 e. The van der Waals surface area contributed by atoms with Gasteiger partial charge in [-0.15, -0.1) is 10.2 Å². The molecule has 3 aromatic rings. The van der Waals surface area contributed by atoms with E-state index in [1.54, 1.807) is 30.9 Å². The van der Waals surface area contributed by atoms with Crippen molar-refractivity contribution in [3.8, 4) is 11.4 Å². The number of nitrogens with two attached hydrogens (primary N) is 1. The molecule has 0 spiro atoms. The van der Waals surface area contributed by atoms with E-state index in [2.05, 4.69) is 20.2 Å². The van der Waals surface area contributed by atoms with Crippen molar-refractivity contribution in [2.75, 3.05) is 5.73 Å². The summed E-state index contributed by atoms with van der Waals surface area (Å²) in [5.74, 6) is 1.19. The van der Waals surface area contributed by atoms with Crippen LogP contribution in [0.5, 0.6) is 0 Å². The number of anilines is 1. The summed E-state index contributed by atoms with van der Waals surface area (Å²) in [6.45, 7) is 0. The lowest BCUT2D eigenvalue weighted by Gasteiger charge is -1.99. The first-order valence-electron chi connectivity index (χ1n) is 4.71. The summed E-state index contributed by atoms with van der Waals surface area (Å²) >= 11 is 0. The molecule has 0 amide bonds. The molecule has 6 nitrogen and oxygen atoms in total. The number of aromatic nitrogens is 5. The second-order valence-electron chi connectivity index (χ2n) is 3.30. The van der Waals surface area contributed by atoms with Crippen LogP contribution in [0, 0.1) is 0 Å². The zero-order valence-electron chi connectivity index (χ0n) is 8.28. The quantitative estimate of drug-likeness (QED) is 0.644. The Morgan fingerprint density at radius 3 is 3.00 bits per heavy atom. The van der Waals surface area contributed by atoms with E-state index in [9.17, 15) is 0 Å². The summed E-state index contributed by atoms with van der Waals surface area (Å²) in [7, 11) is 0. The first-order valence-corrected chi connectivity index (χ1v) is 4.71. The summed E-state index contributed by atoms with van der Waals surface area (Å²) in [6, 6.07) is 3.60. The molecular weight excluding hydrogens is 204 g/mol. The van der Waals surface area contributed by atoms with E-state index >= 15 is 0 Å². The number of nitrogen functional groups attached to an aromatic ring is 1. The Balaban J connectivity index is 2.26. The van der Waals surface area contributed by atoms with Crippen LogP contribution in [-0.2, 0) is 0 Å². The monoisotopic (exact) mass is 212 g/mol. The highest BCUT2D eigenvalue weighted by Crippen LogP contribution is 2.18. The van der Waals surface area contributed by atoms with Crippen molar-refractivity contribution >= 4 is 11.5 Å². The normalized spacial score (nSPS) is 10.8. The molecule has 0 aliphatic rings. The van der Waals surface area contributed by atoms with E-state index in [4.69, 9.17) is 5.73 Å². The third kappa shape index (κ3) is 1.28. The van der Waals surface area contributed by atoms with Crippen LogP contribution >= 0.6 is 0 Å². The molecule has 3 heterocycles. The Morgan fingerprint density at radius 1 is 1.19 bits per heavy atom. The minimum Gasteiger partial charge on any atom is -0.384 e. The molecule has 16 heavy (non-hydrogen) atoms. The van der Waals surface area contributed by atoms with Crippen molar-refractivity contribution in [1.82, 2.24) is 24.6 Å². The predicted molar refractivity (Wildman–Crippen MR) is 58.4 cm³/mol. The van der Waals surface area contributed by atoms with E-state index in [-0.39, 0.29) is 0 Å². The lowest BCUT2D eigenvalue weighted by molar-refractivity contribution is 1.11. The van der Waals surface area contributed by atoms with Crippen LogP contribution in [0.15, 0.2) is 36.9 Å². The Kier molecular flexibility index (Phi) is 1.79. The number of hydrogen-bond donors (Lipinski definition) is 1. The maximum atomic E-state index is 5.63. The predicted octanol–water partition coefficient (Wildman–Crippen LogP) is 0.768. The standard InChI is InChI=1S/C10H8N6/c11-8-5-7(1-2-13-8)10-15-14-9-6-12-3-4-16(9)10/h1-6H,(H2,11,13). The second kappa shape index (κ2) is 3.27. The minimum atomic E-state index is 0.461. The average molecular weight is 212 g/mol. The summed E-state index contributed by atoms with van der Waals surface area (Å²) in [5, 5.41) is 8.11. The summed E-state index contributed by atoms with van der Waals surface area (Å²) < 4.78 is 1.85. The molecule has 2 N–H and O–H groups in total. The third-order valence-corrected chi connectivity index (χ3v) is 2.25. The Labute approximate surface area is 90.8 Å². The van der Waals surface area contributed by atoms with Crippen LogP contribution in [0.2, 0.25) is 0 Å². The molecule has 0 unspecified atom stereocenters. The van der Waals surface area contributed by atoms with E-state index in [0.717, 1.165) is 11.4 Å². The molecule has 0 saturated carbocycles. The molecule has 0 radical (unpaired) electrons. The molecule has 0 aliphatic carbocycles. The first kappa shape index (κ1) is 8.78. The van der Waals surface area contributed by atoms with Crippen molar-refractivity contribution in [1.29, 1.82) is 0 Å². The highest BCUT2D eigenvalue weighted by atomic mass is 15.2. The van der Waals surface area contributed by atoms with Crippen molar-refractivity contribution in [2.45, 2.75) is 0 Å². The molecular formula is C10H8N6. The maximum absolute atomic E-state index is 5.63. The van der Waals surface area contributed by atoms with Gasteiger partial charge in [-0.2, -0.15) is 0 Å². The van der Waals surface area contributed by atoms with Crippen molar-refractivity contribution in [3.63, 3.8) is 0 Å². The van der Waals surface area contributed by atoms with Crippen LogP contribution < -0.4 is 5.73 Å². The zero-order valence-corrected chi connectivity index (χ0v) is 8.28. The molecule has 3 aromatic heterocycles. The van der Waals surface area contributed by atoms with Gasteiger partial charge in [0, 0.05) is 24.2 Å². The average Bonchev–Trinajstić information content (AvgIpc) is 2.72. The summed E-state index contributed by atoms with van der Waals surface area (Å²) in [6.07, 6.45) is 6.79. The highest BCUT2D eigenvalue weighted by Gasteiger charge is 2.07. The fraction of sp³-hybridized carbons (Fsp3) is 0. The molecule has 3 rings (SSSR count). The minimum absolute atomic E-state index is 0.461. The van der Waals surface area contributed by atoms with Gasteiger partial charge in [-0.1, -0.05) is 0 Å². The second-order valence-corrected chi connectivity index (χ2v) is 3.30. The highest BCUT2D eigenvalue weighted by molar-refractivity contribution is 5.61. The Bertz CT molecular complexity index is 644. The smallest absolute Gasteiger partial charge is 0.179 e. The molecule has 0 atom stereocenters. The molecule has 0 aliphatic heterocycles. The Morgan fingerprint density at radius 2 is 2.12 bits per heavy atom. The van der Waals surface area contributed by atoms with Crippen LogP contribution in [0.3, 0.4) is 0 Å². The number of nitrogens with zero attached hydrogens (tertiary/aromatic N) is 5. The van der Waals surface area contributed by atoms with Gasteiger partial charge in [-0.3, -0.25) is 9.38 Å². The number of rotatable bonds is 1. The van der Waals surface area contributed by atoms with Crippen LogP contribution in [0.25, 0.3) is 17.0 Å². The van der Waals surface area contributed by atoms with Crippen LogP contribution in [-0.4, -0.2) is 24.6 Å². The van der Waals surface area contributed by atoms with Gasteiger partial charge in [0.2, 0.25) is 0 Å². The molecule has 0 saturated heterocycles. The SMILES string of the molecule is Nc1cc(-c2nnc3cnccn23)ccn1. The van der Waals surface area contributed by atoms with Gasteiger partial charge in [0.1, 0.15) is 5.82 Å². The van der Waals surface area contributed by atoms with E-state index < -0.39 is 0 Å². The van der Waals surface area contributed by atoms with Crippen LogP contribution in [0.1, 0.15) is 0 Å². The molecule has 78 valence electrons. The number of hydrogen-bond acceptors (Lipinski definition) is 5. The third-order valence-electron chi connectivity index (χ3n) is 2.25. The summed E-state index contributed by atoms with van der Waals surface area (Å²) in [4.78, 5) is 7.91. The van der Waals surface area contributed by atoms with Gasteiger partial charge in [0.05, 0.1) is 6.20 Å². The topological polar surface area (TPSA) is 82.0 Å². The van der Waals surface area contributed by atoms with Gasteiger partial charge >= 0.3 is 0 Å². The van der Waals surface area contributed by atoms with E-state index in [1.807, 2.05) is 10.5 Å². The fourth-order valence-electron chi connectivity index (χ4n) is 1.54. The van der Waals surface area contributed by atoms with Gasteiger partial charge in [-0.05, 0) is 12.1 Å².